The number of carbonyl (C=O) groups is 1. The number of hydrogen-bond donors (Lipinski definition) is 2. The van der Waals surface area contributed by atoms with E-state index in [9.17, 15) is 23.5 Å². The molecule has 0 spiro atoms. The van der Waals surface area contributed by atoms with Crippen LogP contribution in [0.1, 0.15) is 24.2 Å². The van der Waals surface area contributed by atoms with Crippen LogP contribution in [0.15, 0.2) is 17.1 Å². The number of carboxylic acids is 1. The van der Waals surface area contributed by atoms with E-state index in [1.165, 1.54) is 4.57 Å². The fraction of sp³-hybridized carbons (Fsp3) is 0.471. The van der Waals surface area contributed by atoms with Crippen molar-refractivity contribution >= 4 is 22.8 Å². The Kier molecular flexibility index (Phi) is 4.66. The van der Waals surface area contributed by atoms with E-state index in [0.717, 1.165) is 12.3 Å². The zero-order valence-electron chi connectivity index (χ0n) is 14.6. The van der Waals surface area contributed by atoms with Crippen molar-refractivity contribution in [2.45, 2.75) is 19.4 Å². The molecule has 140 valence electrons. The number of hydrogen-bond acceptors (Lipinski definition) is 5. The van der Waals surface area contributed by atoms with E-state index in [1.54, 1.807) is 18.7 Å². The number of anilines is 1. The van der Waals surface area contributed by atoms with E-state index in [-0.39, 0.29) is 16.9 Å². The normalized spacial score (nSPS) is 15.5. The second-order valence-electron chi connectivity index (χ2n) is 6.90. The third kappa shape index (κ3) is 3.03. The molecule has 1 aliphatic heterocycles. The number of alkyl halides is 1. The molecule has 2 aromatic heterocycles. The number of aromatic nitrogens is 2. The third-order valence-electron chi connectivity index (χ3n) is 4.54. The van der Waals surface area contributed by atoms with Crippen molar-refractivity contribution in [3.63, 3.8) is 0 Å². The first-order valence-electron chi connectivity index (χ1n) is 8.27. The Bertz CT molecular complexity index is 920. The summed E-state index contributed by atoms with van der Waals surface area (Å²) in [6.07, 6.45) is 1.08. The van der Waals surface area contributed by atoms with E-state index < -0.39 is 35.0 Å². The minimum Gasteiger partial charge on any atom is -0.477 e. The fourth-order valence-corrected chi connectivity index (χ4v) is 2.99. The number of aromatic carboxylic acids is 1. The van der Waals surface area contributed by atoms with Gasteiger partial charge in [0, 0.05) is 32.4 Å². The molecule has 3 rings (SSSR count). The predicted molar refractivity (Wildman–Crippen MR) is 93.3 cm³/mol. The molecule has 7 nitrogen and oxygen atoms in total. The van der Waals surface area contributed by atoms with Gasteiger partial charge in [0.1, 0.15) is 17.9 Å². The highest BCUT2D eigenvalue weighted by molar-refractivity contribution is 5.92. The molecular formula is C17H20F2N4O3. The molecule has 0 atom stereocenters. The number of nitrogens with zero attached hydrogens (tertiary/aromatic N) is 3. The smallest absolute Gasteiger partial charge is 0.341 e. The van der Waals surface area contributed by atoms with E-state index in [1.807, 2.05) is 0 Å². The molecule has 2 N–H and O–H groups in total. The molecule has 0 saturated carbocycles. The lowest BCUT2D eigenvalue weighted by atomic mass is 10.1. The van der Waals surface area contributed by atoms with Crippen molar-refractivity contribution < 1.29 is 18.7 Å². The van der Waals surface area contributed by atoms with Crippen LogP contribution in [0.25, 0.3) is 11.0 Å². The van der Waals surface area contributed by atoms with Gasteiger partial charge < -0.3 is 19.9 Å². The molecular weight excluding hydrogens is 346 g/mol. The maximum absolute atomic E-state index is 14.6. The molecule has 3 heterocycles. The average molecular weight is 366 g/mol. The summed E-state index contributed by atoms with van der Waals surface area (Å²) in [7, 11) is 0. The Balaban J connectivity index is 2.33. The Hall–Kier alpha value is -2.55. The first-order chi connectivity index (χ1) is 12.3. The minimum absolute atomic E-state index is 0.0672. The van der Waals surface area contributed by atoms with Gasteiger partial charge in [0.15, 0.2) is 11.6 Å². The monoisotopic (exact) mass is 366 g/mol. The highest BCUT2D eigenvalue weighted by Crippen LogP contribution is 2.26. The molecule has 0 aromatic carbocycles. The van der Waals surface area contributed by atoms with Crippen LogP contribution in [0.5, 0.6) is 0 Å². The number of fused-ring (bicyclic) bond motifs is 1. The molecule has 0 unspecified atom stereocenters. The van der Waals surface area contributed by atoms with Crippen LogP contribution in [0.2, 0.25) is 0 Å². The second-order valence-corrected chi connectivity index (χ2v) is 6.90. The summed E-state index contributed by atoms with van der Waals surface area (Å²) < 4.78 is 29.5. The van der Waals surface area contributed by atoms with Gasteiger partial charge in [-0.2, -0.15) is 0 Å². The summed E-state index contributed by atoms with van der Waals surface area (Å²) in [5, 5.41) is 12.3. The van der Waals surface area contributed by atoms with Crippen molar-refractivity contribution in [2.24, 2.45) is 0 Å². The second kappa shape index (κ2) is 6.64. The average Bonchev–Trinajstić information content (AvgIpc) is 2.62. The van der Waals surface area contributed by atoms with Crippen LogP contribution in [-0.2, 0) is 5.54 Å². The van der Waals surface area contributed by atoms with E-state index in [4.69, 9.17) is 0 Å². The van der Waals surface area contributed by atoms with Crippen LogP contribution >= 0.6 is 0 Å². The van der Waals surface area contributed by atoms with Gasteiger partial charge >= 0.3 is 5.97 Å². The van der Waals surface area contributed by atoms with Crippen molar-refractivity contribution in [3.8, 4) is 0 Å². The summed E-state index contributed by atoms with van der Waals surface area (Å²) in [4.78, 5) is 29.9. The van der Waals surface area contributed by atoms with Crippen molar-refractivity contribution in [1.82, 2.24) is 14.9 Å². The Morgan fingerprint density at radius 3 is 2.62 bits per heavy atom. The highest BCUT2D eigenvalue weighted by atomic mass is 19.1. The van der Waals surface area contributed by atoms with Crippen LogP contribution in [0.4, 0.5) is 14.6 Å². The number of piperazine rings is 1. The van der Waals surface area contributed by atoms with Crippen LogP contribution in [0.3, 0.4) is 0 Å². The van der Waals surface area contributed by atoms with Crippen LogP contribution < -0.4 is 15.6 Å². The maximum Gasteiger partial charge on any atom is 0.341 e. The molecule has 0 aliphatic carbocycles. The van der Waals surface area contributed by atoms with Crippen LogP contribution in [-0.4, -0.2) is 53.5 Å². The molecule has 0 amide bonds. The molecule has 0 bridgehead atoms. The summed E-state index contributed by atoms with van der Waals surface area (Å²) in [5.74, 6) is -2.08. The molecule has 2 aromatic rings. The first kappa shape index (κ1) is 18.2. The molecule has 0 radical (unpaired) electrons. The molecule has 26 heavy (non-hydrogen) atoms. The summed E-state index contributed by atoms with van der Waals surface area (Å²) in [5.41, 5.74) is -2.47. The molecule has 9 heteroatoms. The molecule has 1 saturated heterocycles. The van der Waals surface area contributed by atoms with Gasteiger partial charge in [0.2, 0.25) is 5.43 Å². The Morgan fingerprint density at radius 1 is 1.38 bits per heavy atom. The maximum atomic E-state index is 14.6. The van der Waals surface area contributed by atoms with Gasteiger partial charge in [-0.15, -0.1) is 0 Å². The highest BCUT2D eigenvalue weighted by Gasteiger charge is 2.27. The first-order valence-corrected chi connectivity index (χ1v) is 8.27. The minimum atomic E-state index is -1.45. The molecule has 1 aliphatic rings. The zero-order valence-corrected chi connectivity index (χ0v) is 14.6. The number of halogens is 2. The fourth-order valence-electron chi connectivity index (χ4n) is 2.99. The lowest BCUT2D eigenvalue weighted by Gasteiger charge is -2.30. The SMILES string of the molecule is CC(C)(CF)n1cc(C(=O)O)c(=O)c2cc(F)c(N3CCNCC3)nc21. The number of pyridine rings is 2. The van der Waals surface area contributed by atoms with Gasteiger partial charge in [-0.05, 0) is 19.9 Å². The van der Waals surface area contributed by atoms with E-state index in [2.05, 4.69) is 10.3 Å². The molecule has 1 fully saturated rings. The van der Waals surface area contributed by atoms with Gasteiger partial charge in [0.25, 0.3) is 0 Å². The van der Waals surface area contributed by atoms with Crippen molar-refractivity contribution in [2.75, 3.05) is 37.8 Å². The van der Waals surface area contributed by atoms with E-state index >= 15 is 0 Å². The van der Waals surface area contributed by atoms with Gasteiger partial charge in [0.05, 0.1) is 10.9 Å². The Labute approximate surface area is 148 Å². The lowest BCUT2D eigenvalue weighted by molar-refractivity contribution is 0.0694. The van der Waals surface area contributed by atoms with Gasteiger partial charge in [-0.1, -0.05) is 0 Å². The summed E-state index contributed by atoms with van der Waals surface area (Å²) in [6.45, 7) is 4.71. The van der Waals surface area contributed by atoms with Crippen LogP contribution in [0, 0.1) is 5.82 Å². The third-order valence-corrected chi connectivity index (χ3v) is 4.54. The predicted octanol–water partition coefficient (Wildman–Crippen LogP) is 1.35. The topological polar surface area (TPSA) is 87.5 Å². The van der Waals surface area contributed by atoms with E-state index in [0.29, 0.717) is 26.2 Å². The quantitative estimate of drug-likeness (QED) is 0.849. The van der Waals surface area contributed by atoms with Gasteiger partial charge in [-0.25, -0.2) is 18.6 Å². The summed E-state index contributed by atoms with van der Waals surface area (Å²) >= 11 is 0. The van der Waals surface area contributed by atoms with Crippen molar-refractivity contribution in [3.05, 3.63) is 33.9 Å². The number of nitrogens with one attached hydrogen (secondary N) is 1. The largest absolute Gasteiger partial charge is 0.477 e. The number of rotatable bonds is 4. The van der Waals surface area contributed by atoms with Crippen molar-refractivity contribution in [1.29, 1.82) is 0 Å². The Morgan fingerprint density at radius 2 is 2.04 bits per heavy atom. The zero-order chi connectivity index (χ0) is 19.1. The van der Waals surface area contributed by atoms with Gasteiger partial charge in [-0.3, -0.25) is 4.79 Å². The lowest BCUT2D eigenvalue weighted by Crippen LogP contribution is -2.44. The number of carboxylic acid groups (broad SMARTS) is 1. The standard InChI is InChI=1S/C17H20F2N4O3/c1-17(2,9-18)23-8-11(16(25)26)13(24)10-7-12(19)15(21-14(10)23)22-5-3-20-4-6-22/h7-8,20H,3-6,9H2,1-2H3,(H,25,26). The summed E-state index contributed by atoms with van der Waals surface area (Å²) in [6, 6.07) is 0.999.